The molecule has 0 spiro atoms. The maximum atomic E-state index is 3.51. The Morgan fingerprint density at radius 3 is 2.29 bits per heavy atom. The van der Waals surface area contributed by atoms with Crippen LogP contribution in [0.1, 0.15) is 25.3 Å². The van der Waals surface area contributed by atoms with E-state index in [1.807, 2.05) is 0 Å². The molecule has 112 valence electrons. The van der Waals surface area contributed by atoms with E-state index in [2.05, 4.69) is 78.7 Å². The predicted molar refractivity (Wildman–Crippen MR) is 93.2 cm³/mol. The van der Waals surface area contributed by atoms with Crippen molar-refractivity contribution in [3.8, 4) is 0 Å². The van der Waals surface area contributed by atoms with E-state index in [-0.39, 0.29) is 0 Å². The molecular weight excluding hydrogens is 256 g/mol. The number of nitrogens with zero attached hydrogens (tertiary/aromatic N) is 1. The quantitative estimate of drug-likeness (QED) is 0.754. The summed E-state index contributed by atoms with van der Waals surface area (Å²) < 4.78 is 0. The molecular formula is C19H26N2. The molecule has 0 aromatic heterocycles. The van der Waals surface area contributed by atoms with Crippen LogP contribution in [0.15, 0.2) is 54.6 Å². The Kier molecular flexibility index (Phi) is 6.14. The van der Waals surface area contributed by atoms with Gasteiger partial charge in [0.25, 0.3) is 0 Å². The summed E-state index contributed by atoms with van der Waals surface area (Å²) in [5.41, 5.74) is 3.81. The molecule has 0 unspecified atom stereocenters. The molecule has 2 heteroatoms. The van der Waals surface area contributed by atoms with E-state index in [1.54, 1.807) is 0 Å². The van der Waals surface area contributed by atoms with Crippen LogP contribution in [0, 0.1) is 6.92 Å². The van der Waals surface area contributed by atoms with E-state index in [0.29, 0.717) is 0 Å². The van der Waals surface area contributed by atoms with Gasteiger partial charge in [-0.25, -0.2) is 0 Å². The number of unbranched alkanes of at least 4 members (excludes halogenated alkanes) is 1. The lowest BCUT2D eigenvalue weighted by Crippen LogP contribution is -2.30. The molecule has 0 bridgehead atoms. The highest BCUT2D eigenvalue weighted by atomic mass is 15.1. The summed E-state index contributed by atoms with van der Waals surface area (Å²) in [6.07, 6.45) is 2.47. The fourth-order valence-electron chi connectivity index (χ4n) is 2.36. The molecule has 0 fully saturated rings. The van der Waals surface area contributed by atoms with E-state index in [4.69, 9.17) is 0 Å². The second-order valence-electron chi connectivity index (χ2n) is 5.47. The van der Waals surface area contributed by atoms with Crippen LogP contribution >= 0.6 is 0 Å². The Bertz CT molecular complexity index is 505. The average Bonchev–Trinajstić information content (AvgIpc) is 2.53. The minimum absolute atomic E-state index is 0.960. The van der Waals surface area contributed by atoms with Gasteiger partial charge in [-0.3, -0.25) is 0 Å². The zero-order valence-corrected chi connectivity index (χ0v) is 13.2. The number of aryl methyl sites for hydroxylation is 1. The number of rotatable bonds is 8. The fraction of sp³-hybridized carbons (Fsp3) is 0.368. The van der Waals surface area contributed by atoms with Crippen molar-refractivity contribution in [3.63, 3.8) is 0 Å². The first kappa shape index (κ1) is 15.4. The highest BCUT2D eigenvalue weighted by Crippen LogP contribution is 2.14. The smallest absolute Gasteiger partial charge is 0.0366 e. The third-order valence-corrected chi connectivity index (χ3v) is 3.67. The summed E-state index contributed by atoms with van der Waals surface area (Å²) in [4.78, 5) is 2.46. The Morgan fingerprint density at radius 1 is 0.905 bits per heavy atom. The van der Waals surface area contributed by atoms with Gasteiger partial charge < -0.3 is 10.2 Å². The largest absolute Gasteiger partial charge is 0.383 e. The lowest BCUT2D eigenvalue weighted by molar-refractivity contribution is 0.722. The predicted octanol–water partition coefficient (Wildman–Crippen LogP) is 4.71. The first-order chi connectivity index (χ1) is 10.3. The molecule has 0 aliphatic rings. The maximum absolute atomic E-state index is 3.51. The molecule has 0 amide bonds. The van der Waals surface area contributed by atoms with E-state index in [0.717, 1.165) is 19.6 Å². The van der Waals surface area contributed by atoms with Gasteiger partial charge in [-0.05, 0) is 37.6 Å². The second-order valence-corrected chi connectivity index (χ2v) is 5.47. The number of para-hydroxylation sites is 1. The first-order valence-electron chi connectivity index (χ1n) is 7.90. The molecule has 0 saturated carbocycles. The summed E-state index contributed by atoms with van der Waals surface area (Å²) in [7, 11) is 0. The van der Waals surface area contributed by atoms with Gasteiger partial charge in [0, 0.05) is 31.0 Å². The summed E-state index contributed by atoms with van der Waals surface area (Å²) in [6, 6.07) is 19.3. The normalized spacial score (nSPS) is 10.4. The highest BCUT2D eigenvalue weighted by molar-refractivity contribution is 5.47. The molecule has 0 atom stereocenters. The maximum Gasteiger partial charge on any atom is 0.0366 e. The van der Waals surface area contributed by atoms with Crippen LogP contribution in [0.3, 0.4) is 0 Å². The summed E-state index contributed by atoms with van der Waals surface area (Å²) in [6.45, 7) is 7.47. The van der Waals surface area contributed by atoms with Crippen molar-refractivity contribution in [3.05, 3.63) is 60.2 Å². The van der Waals surface area contributed by atoms with Crippen molar-refractivity contribution in [1.82, 2.24) is 0 Å². The number of anilines is 2. The SMILES string of the molecule is CCCCN(CCNc1ccc(C)cc1)c1ccccc1. The first-order valence-corrected chi connectivity index (χ1v) is 7.90. The Hall–Kier alpha value is -1.96. The van der Waals surface area contributed by atoms with Gasteiger partial charge in [0.15, 0.2) is 0 Å². The lowest BCUT2D eigenvalue weighted by atomic mass is 10.2. The van der Waals surface area contributed by atoms with Crippen molar-refractivity contribution in [2.24, 2.45) is 0 Å². The number of nitrogens with one attached hydrogen (secondary N) is 1. The molecule has 2 aromatic rings. The Morgan fingerprint density at radius 2 is 1.62 bits per heavy atom. The van der Waals surface area contributed by atoms with Crippen LogP contribution < -0.4 is 10.2 Å². The van der Waals surface area contributed by atoms with Gasteiger partial charge in [-0.2, -0.15) is 0 Å². The van der Waals surface area contributed by atoms with Crippen LogP contribution in [0.4, 0.5) is 11.4 Å². The van der Waals surface area contributed by atoms with Gasteiger partial charge in [0.05, 0.1) is 0 Å². The van der Waals surface area contributed by atoms with E-state index in [9.17, 15) is 0 Å². The molecule has 0 radical (unpaired) electrons. The minimum atomic E-state index is 0.960. The third-order valence-electron chi connectivity index (χ3n) is 3.67. The van der Waals surface area contributed by atoms with Crippen molar-refractivity contribution >= 4 is 11.4 Å². The van der Waals surface area contributed by atoms with Crippen LogP contribution in [0.2, 0.25) is 0 Å². The number of benzene rings is 2. The van der Waals surface area contributed by atoms with Gasteiger partial charge in [-0.1, -0.05) is 49.2 Å². The highest BCUT2D eigenvalue weighted by Gasteiger charge is 2.04. The molecule has 21 heavy (non-hydrogen) atoms. The van der Waals surface area contributed by atoms with Crippen molar-refractivity contribution in [2.45, 2.75) is 26.7 Å². The summed E-state index contributed by atoms with van der Waals surface area (Å²) in [5, 5.41) is 3.51. The average molecular weight is 282 g/mol. The number of hydrogen-bond donors (Lipinski definition) is 1. The number of hydrogen-bond acceptors (Lipinski definition) is 2. The molecule has 2 nitrogen and oxygen atoms in total. The van der Waals surface area contributed by atoms with Crippen LogP contribution in [0.5, 0.6) is 0 Å². The van der Waals surface area contributed by atoms with Crippen LogP contribution in [-0.2, 0) is 0 Å². The van der Waals surface area contributed by atoms with Crippen LogP contribution in [-0.4, -0.2) is 19.6 Å². The van der Waals surface area contributed by atoms with E-state index < -0.39 is 0 Å². The van der Waals surface area contributed by atoms with Gasteiger partial charge in [0.1, 0.15) is 0 Å². The zero-order valence-electron chi connectivity index (χ0n) is 13.2. The molecule has 0 aliphatic heterocycles. The second kappa shape index (κ2) is 8.35. The minimum Gasteiger partial charge on any atom is -0.383 e. The van der Waals surface area contributed by atoms with E-state index >= 15 is 0 Å². The fourth-order valence-corrected chi connectivity index (χ4v) is 2.36. The summed E-state index contributed by atoms with van der Waals surface area (Å²) in [5.74, 6) is 0. The topological polar surface area (TPSA) is 15.3 Å². The monoisotopic (exact) mass is 282 g/mol. The van der Waals surface area contributed by atoms with Gasteiger partial charge in [-0.15, -0.1) is 0 Å². The Balaban J connectivity index is 1.88. The van der Waals surface area contributed by atoms with Gasteiger partial charge in [0.2, 0.25) is 0 Å². The van der Waals surface area contributed by atoms with Crippen LogP contribution in [0.25, 0.3) is 0 Å². The standard InChI is InChI=1S/C19H26N2/c1-3-4-15-21(19-8-6-5-7-9-19)16-14-20-18-12-10-17(2)11-13-18/h5-13,20H,3-4,14-16H2,1-2H3. The third kappa shape index (κ3) is 5.14. The van der Waals surface area contributed by atoms with E-state index in [1.165, 1.54) is 29.8 Å². The lowest BCUT2D eigenvalue weighted by Gasteiger charge is -2.25. The van der Waals surface area contributed by atoms with Crippen molar-refractivity contribution < 1.29 is 0 Å². The van der Waals surface area contributed by atoms with Crippen molar-refractivity contribution in [1.29, 1.82) is 0 Å². The molecule has 0 saturated heterocycles. The molecule has 0 aliphatic carbocycles. The van der Waals surface area contributed by atoms with Gasteiger partial charge >= 0.3 is 0 Å². The Labute approximate surface area is 128 Å². The van der Waals surface area contributed by atoms with Crippen molar-refractivity contribution in [2.75, 3.05) is 29.9 Å². The molecule has 0 heterocycles. The zero-order chi connectivity index (χ0) is 14.9. The molecule has 2 rings (SSSR count). The molecule has 2 aromatic carbocycles. The molecule has 1 N–H and O–H groups in total. The summed E-state index contributed by atoms with van der Waals surface area (Å²) >= 11 is 0.